The number of carbonyl (C=O) groups is 1. The summed E-state index contributed by atoms with van der Waals surface area (Å²) in [5.41, 5.74) is -0.448. The summed E-state index contributed by atoms with van der Waals surface area (Å²) in [6.07, 6.45) is 6.63. The van der Waals surface area contributed by atoms with E-state index in [2.05, 4.69) is 34.0 Å². The first kappa shape index (κ1) is 29.3. The number of nitrogens with zero attached hydrogens (tertiary/aromatic N) is 4. The molecule has 0 bridgehead atoms. The number of likely N-dealkylation sites (tertiary alicyclic amines) is 1. The van der Waals surface area contributed by atoms with Crippen molar-refractivity contribution in [3.05, 3.63) is 0 Å². The number of carbonyl (C=O) groups excluding carboxylic acids is 1. The van der Waals surface area contributed by atoms with Crippen LogP contribution in [0.4, 0.5) is 4.79 Å². The van der Waals surface area contributed by atoms with Crippen molar-refractivity contribution < 1.29 is 9.53 Å². The lowest BCUT2D eigenvalue weighted by atomic mass is 10.0. The second-order valence-corrected chi connectivity index (χ2v) is 10.0. The van der Waals surface area contributed by atoms with Gasteiger partial charge < -0.3 is 24.8 Å². The molecule has 1 saturated heterocycles. The maximum Gasteiger partial charge on any atom is 0.410 e. The summed E-state index contributed by atoms with van der Waals surface area (Å²) in [4.78, 5) is 24.2. The van der Waals surface area contributed by atoms with E-state index in [1.807, 2.05) is 32.7 Å². The van der Waals surface area contributed by atoms with Crippen LogP contribution in [0.15, 0.2) is 4.99 Å². The summed E-state index contributed by atoms with van der Waals surface area (Å²) in [6.45, 7) is 17.4. The predicted molar refractivity (Wildman–Crippen MR) is 144 cm³/mol. The van der Waals surface area contributed by atoms with Gasteiger partial charge in [0.2, 0.25) is 0 Å². The molecule has 1 saturated carbocycles. The molecule has 1 aliphatic heterocycles. The van der Waals surface area contributed by atoms with Crippen molar-refractivity contribution >= 4 is 36.0 Å². The first-order valence-corrected chi connectivity index (χ1v) is 12.4. The fourth-order valence-electron chi connectivity index (χ4n) is 4.19. The van der Waals surface area contributed by atoms with Crippen molar-refractivity contribution in [2.75, 3.05) is 52.9 Å². The van der Waals surface area contributed by atoms with Gasteiger partial charge >= 0.3 is 6.09 Å². The average Bonchev–Trinajstić information content (AvgIpc) is 3.55. The van der Waals surface area contributed by atoms with E-state index >= 15 is 0 Å². The van der Waals surface area contributed by atoms with Gasteiger partial charge in [-0.3, -0.25) is 4.99 Å². The lowest BCUT2D eigenvalue weighted by Gasteiger charge is -2.40. The SMILES string of the molecule is CCN(CC)CCCCNC(=NC)N1CCC(N(CC2CC2)C(=O)OC(C)(C)C)CC1.I. The van der Waals surface area contributed by atoms with E-state index in [1.165, 1.54) is 25.8 Å². The van der Waals surface area contributed by atoms with Crippen LogP contribution in [-0.4, -0.2) is 91.3 Å². The molecule has 1 heterocycles. The van der Waals surface area contributed by atoms with Gasteiger partial charge in [-0.25, -0.2) is 4.79 Å². The molecule has 2 rings (SSSR count). The number of halogens is 1. The number of amides is 1. The molecular formula is C24H48IN5O2. The largest absolute Gasteiger partial charge is 0.444 e. The highest BCUT2D eigenvalue weighted by atomic mass is 127. The van der Waals surface area contributed by atoms with Gasteiger partial charge in [0.15, 0.2) is 5.96 Å². The Kier molecular flexibility index (Phi) is 13.2. The number of ether oxygens (including phenoxy) is 1. The van der Waals surface area contributed by atoms with Gasteiger partial charge in [-0.15, -0.1) is 24.0 Å². The lowest BCUT2D eigenvalue weighted by Crippen LogP contribution is -2.52. The van der Waals surface area contributed by atoms with Crippen LogP contribution in [0.2, 0.25) is 0 Å². The van der Waals surface area contributed by atoms with Gasteiger partial charge in [-0.05, 0) is 84.8 Å². The van der Waals surface area contributed by atoms with Crippen LogP contribution < -0.4 is 5.32 Å². The van der Waals surface area contributed by atoms with E-state index in [-0.39, 0.29) is 36.1 Å². The average molecular weight is 566 g/mol. The third-order valence-electron chi connectivity index (χ3n) is 6.28. The third-order valence-corrected chi connectivity index (χ3v) is 6.28. The molecule has 0 aromatic rings. The molecule has 2 aliphatic rings. The Hall–Kier alpha value is -0.770. The third kappa shape index (κ3) is 10.4. The zero-order valence-corrected chi connectivity index (χ0v) is 23.7. The van der Waals surface area contributed by atoms with Gasteiger partial charge in [0.1, 0.15) is 5.60 Å². The quantitative estimate of drug-likeness (QED) is 0.184. The first-order chi connectivity index (χ1) is 14.8. The van der Waals surface area contributed by atoms with Crippen molar-refractivity contribution in [3.63, 3.8) is 0 Å². The van der Waals surface area contributed by atoms with E-state index in [1.54, 1.807) is 0 Å². The second-order valence-electron chi connectivity index (χ2n) is 10.0. The lowest BCUT2D eigenvalue weighted by molar-refractivity contribution is 0.00928. The number of nitrogens with one attached hydrogen (secondary N) is 1. The molecule has 0 aromatic carbocycles. The van der Waals surface area contributed by atoms with Crippen LogP contribution in [0.3, 0.4) is 0 Å². The second kappa shape index (κ2) is 14.5. The van der Waals surface area contributed by atoms with E-state index < -0.39 is 5.60 Å². The van der Waals surface area contributed by atoms with Crippen molar-refractivity contribution in [2.45, 2.75) is 84.8 Å². The number of guanidine groups is 1. The smallest absolute Gasteiger partial charge is 0.410 e. The number of hydrogen-bond acceptors (Lipinski definition) is 4. The molecule has 1 amide bonds. The highest BCUT2D eigenvalue weighted by Gasteiger charge is 2.35. The molecule has 1 aliphatic carbocycles. The Morgan fingerprint density at radius 3 is 2.22 bits per heavy atom. The Morgan fingerprint density at radius 2 is 1.72 bits per heavy atom. The molecule has 2 fully saturated rings. The summed E-state index contributed by atoms with van der Waals surface area (Å²) < 4.78 is 5.72. The van der Waals surface area contributed by atoms with E-state index in [0.29, 0.717) is 5.92 Å². The topological polar surface area (TPSA) is 60.4 Å². The summed E-state index contributed by atoms with van der Waals surface area (Å²) >= 11 is 0. The molecule has 0 aromatic heterocycles. The molecule has 0 atom stereocenters. The number of hydrogen-bond donors (Lipinski definition) is 1. The van der Waals surface area contributed by atoms with Gasteiger partial charge in [-0.1, -0.05) is 13.8 Å². The standard InChI is InChI=1S/C24H47N5O2.HI/c1-7-27(8-2)16-10-9-15-26-22(25-6)28-17-13-21(14-18-28)29(19-20-11-12-20)23(30)31-24(3,4)5;/h20-21H,7-19H2,1-6H3,(H,25,26);1H. The van der Waals surface area contributed by atoms with E-state index in [0.717, 1.165) is 64.5 Å². The highest BCUT2D eigenvalue weighted by Crippen LogP contribution is 2.32. The Morgan fingerprint density at radius 1 is 1.09 bits per heavy atom. The number of aliphatic imine (C=N–C) groups is 1. The first-order valence-electron chi connectivity index (χ1n) is 12.4. The zero-order chi connectivity index (χ0) is 22.9. The Bertz CT molecular complexity index is 565. The van der Waals surface area contributed by atoms with Gasteiger partial charge in [0.25, 0.3) is 0 Å². The van der Waals surface area contributed by atoms with Crippen LogP contribution in [0.1, 0.15) is 73.1 Å². The molecule has 0 unspecified atom stereocenters. The summed E-state index contributed by atoms with van der Waals surface area (Å²) in [7, 11) is 1.87. The summed E-state index contributed by atoms with van der Waals surface area (Å²) in [6, 6.07) is 0.263. The highest BCUT2D eigenvalue weighted by molar-refractivity contribution is 14.0. The molecule has 32 heavy (non-hydrogen) atoms. The molecule has 1 N–H and O–H groups in total. The van der Waals surface area contributed by atoms with Crippen LogP contribution in [0, 0.1) is 5.92 Å². The zero-order valence-electron chi connectivity index (χ0n) is 21.4. The molecular weight excluding hydrogens is 517 g/mol. The van der Waals surface area contributed by atoms with Crippen molar-refractivity contribution in [3.8, 4) is 0 Å². The number of piperidine rings is 1. The van der Waals surface area contributed by atoms with E-state index in [9.17, 15) is 4.79 Å². The van der Waals surface area contributed by atoms with Crippen LogP contribution >= 0.6 is 24.0 Å². The van der Waals surface area contributed by atoms with Gasteiger partial charge in [-0.2, -0.15) is 0 Å². The van der Waals surface area contributed by atoms with Gasteiger partial charge in [0.05, 0.1) is 0 Å². The molecule has 0 spiro atoms. The maximum atomic E-state index is 12.8. The molecule has 8 heteroatoms. The fraction of sp³-hybridized carbons (Fsp3) is 0.917. The number of unbranched alkanes of at least 4 members (excludes halogenated alkanes) is 1. The molecule has 7 nitrogen and oxygen atoms in total. The minimum Gasteiger partial charge on any atom is -0.444 e. The van der Waals surface area contributed by atoms with Crippen LogP contribution in [0.25, 0.3) is 0 Å². The number of rotatable bonds is 10. The van der Waals surface area contributed by atoms with Crippen molar-refractivity contribution in [1.82, 2.24) is 20.0 Å². The van der Waals surface area contributed by atoms with Crippen LogP contribution in [0.5, 0.6) is 0 Å². The van der Waals surface area contributed by atoms with Crippen molar-refractivity contribution in [1.29, 1.82) is 0 Å². The monoisotopic (exact) mass is 565 g/mol. The molecule has 188 valence electrons. The Balaban J connectivity index is 0.00000512. The Labute approximate surface area is 213 Å². The van der Waals surface area contributed by atoms with Crippen molar-refractivity contribution in [2.24, 2.45) is 10.9 Å². The minimum atomic E-state index is -0.448. The normalized spacial score (nSPS) is 17.8. The molecule has 0 radical (unpaired) electrons. The minimum absolute atomic E-state index is 0. The maximum absolute atomic E-state index is 12.8. The van der Waals surface area contributed by atoms with Gasteiger partial charge in [0, 0.05) is 39.3 Å². The van der Waals surface area contributed by atoms with Crippen LogP contribution in [-0.2, 0) is 4.74 Å². The van der Waals surface area contributed by atoms with E-state index in [4.69, 9.17) is 4.74 Å². The predicted octanol–water partition coefficient (Wildman–Crippen LogP) is 4.41. The summed E-state index contributed by atoms with van der Waals surface area (Å²) in [5, 5.41) is 3.54. The fourth-order valence-corrected chi connectivity index (χ4v) is 4.19. The summed E-state index contributed by atoms with van der Waals surface area (Å²) in [5.74, 6) is 1.66.